The van der Waals surface area contributed by atoms with Gasteiger partial charge in [-0.2, -0.15) is 11.8 Å². The monoisotopic (exact) mass is 748 g/mol. The van der Waals surface area contributed by atoms with E-state index in [2.05, 4.69) is 4.99 Å². The van der Waals surface area contributed by atoms with Crippen molar-refractivity contribution in [2.45, 2.75) is 49.5 Å². The van der Waals surface area contributed by atoms with Gasteiger partial charge in [0.15, 0.2) is 0 Å². The van der Waals surface area contributed by atoms with E-state index in [-0.39, 0.29) is 53.9 Å². The second kappa shape index (κ2) is 18.2. The van der Waals surface area contributed by atoms with Gasteiger partial charge in [-0.3, -0.25) is 39.7 Å². The first-order valence-corrected chi connectivity index (χ1v) is 17.9. The van der Waals surface area contributed by atoms with Gasteiger partial charge in [0.2, 0.25) is 5.91 Å². The number of carbonyl (C=O) groups is 3. The highest BCUT2D eigenvalue weighted by atomic mass is 32.2. The highest BCUT2D eigenvalue weighted by Gasteiger charge is 2.43. The summed E-state index contributed by atoms with van der Waals surface area (Å²) in [7, 11) is 1.61. The number of benzene rings is 3. The zero-order valence-electron chi connectivity index (χ0n) is 29.0. The van der Waals surface area contributed by atoms with Crippen LogP contribution in [0.25, 0.3) is 0 Å². The molecule has 0 spiro atoms. The molecule has 2 saturated heterocycles. The smallest absolute Gasteiger partial charge is 0.410 e. The molecule has 2 aliphatic heterocycles. The van der Waals surface area contributed by atoms with Crippen molar-refractivity contribution in [2.75, 3.05) is 33.3 Å². The summed E-state index contributed by atoms with van der Waals surface area (Å²) in [5, 5.41) is 21.8. The van der Waals surface area contributed by atoms with E-state index in [0.29, 0.717) is 55.9 Å². The number of nitro benzene ring substituents is 2. The molecule has 53 heavy (non-hydrogen) atoms. The van der Waals surface area contributed by atoms with E-state index in [1.807, 2.05) is 24.3 Å². The van der Waals surface area contributed by atoms with E-state index in [1.54, 1.807) is 23.8 Å². The normalized spacial score (nSPS) is 18.4. The molecule has 3 aromatic carbocycles. The third-order valence-corrected chi connectivity index (χ3v) is 10.3. The Bertz CT molecular complexity index is 1810. The van der Waals surface area contributed by atoms with Crippen molar-refractivity contribution in [1.29, 1.82) is 0 Å². The molecular formula is C36H40N6O10S. The maximum atomic E-state index is 13.9. The molecule has 16 nitrogen and oxygen atoms in total. The van der Waals surface area contributed by atoms with Crippen molar-refractivity contribution in [1.82, 2.24) is 9.80 Å². The van der Waals surface area contributed by atoms with Gasteiger partial charge >= 0.3 is 12.1 Å². The number of nitrogens with zero attached hydrogens (tertiary/aromatic N) is 5. The van der Waals surface area contributed by atoms with Gasteiger partial charge in [-0.25, -0.2) is 4.79 Å². The number of likely N-dealkylation sites (tertiary alicyclic amines) is 2. The first kappa shape index (κ1) is 38.5. The van der Waals surface area contributed by atoms with E-state index in [4.69, 9.17) is 19.9 Å². The zero-order chi connectivity index (χ0) is 37.9. The van der Waals surface area contributed by atoms with Crippen LogP contribution in [0, 0.1) is 26.1 Å². The Morgan fingerprint density at radius 3 is 2.04 bits per heavy atom. The third kappa shape index (κ3) is 10.9. The molecule has 2 fully saturated rings. The molecule has 2 heterocycles. The van der Waals surface area contributed by atoms with Gasteiger partial charge in [0.25, 0.3) is 11.4 Å². The molecule has 0 aromatic heterocycles. The maximum absolute atomic E-state index is 13.9. The summed E-state index contributed by atoms with van der Waals surface area (Å²) >= 11 is 1.66. The molecule has 17 heteroatoms. The molecule has 0 bridgehead atoms. The Hall–Kier alpha value is -5.71. The summed E-state index contributed by atoms with van der Waals surface area (Å²) in [5.74, 6) is 0.754. The Kier molecular flexibility index (Phi) is 13.2. The lowest BCUT2D eigenvalue weighted by Crippen LogP contribution is -2.47. The second-order valence-corrected chi connectivity index (χ2v) is 14.0. The topological polar surface area (TPSA) is 210 Å². The summed E-state index contributed by atoms with van der Waals surface area (Å²) < 4.78 is 16.1. The van der Waals surface area contributed by atoms with Gasteiger partial charge in [-0.1, -0.05) is 12.1 Å². The van der Waals surface area contributed by atoms with Crippen LogP contribution in [0.15, 0.2) is 77.8 Å². The number of nitro groups is 2. The molecular weight excluding hydrogens is 708 g/mol. The molecule has 280 valence electrons. The minimum atomic E-state index is -0.731. The Morgan fingerprint density at radius 2 is 1.45 bits per heavy atom. The summed E-state index contributed by atoms with van der Waals surface area (Å²) in [5.41, 5.74) is 8.13. The lowest BCUT2D eigenvalue weighted by atomic mass is 10.1. The van der Waals surface area contributed by atoms with Crippen molar-refractivity contribution >= 4 is 46.9 Å². The van der Waals surface area contributed by atoms with Crippen LogP contribution in [0.4, 0.5) is 16.2 Å². The number of non-ortho nitro benzene ring substituents is 2. The van der Waals surface area contributed by atoms with Crippen LogP contribution in [-0.2, 0) is 38.0 Å². The molecule has 0 unspecified atom stereocenters. The number of hydrogen-bond donors (Lipinski definition) is 1. The minimum Gasteiger partial charge on any atom is -0.497 e. The number of amides is 2. The van der Waals surface area contributed by atoms with Gasteiger partial charge < -0.3 is 24.8 Å². The summed E-state index contributed by atoms with van der Waals surface area (Å²) in [6.45, 7) is 1.33. The summed E-state index contributed by atoms with van der Waals surface area (Å²) in [6.07, 6.45) is 0.250. The summed E-state index contributed by atoms with van der Waals surface area (Å²) in [6, 6.07) is 18.4. The SMILES string of the molecule is COc1ccc(CS[C@H]2C[C@@H](C(=O)N3CC[C@H](CN=C(N)CC(=O)OCc4ccc([N+](=O)[O-])cc4)C3)N(C(=O)OCc3ccc([N+](=O)[O-])cc3)C2)cc1. The van der Waals surface area contributed by atoms with Crippen LogP contribution in [0.1, 0.15) is 36.0 Å². The molecule has 5 rings (SSSR count). The van der Waals surface area contributed by atoms with Gasteiger partial charge in [0, 0.05) is 61.4 Å². The third-order valence-electron chi connectivity index (χ3n) is 8.96. The number of nitrogens with two attached hydrogens (primary N) is 1. The number of amidine groups is 1. The Balaban J connectivity index is 1.14. The van der Waals surface area contributed by atoms with Gasteiger partial charge in [0.1, 0.15) is 37.3 Å². The number of methoxy groups -OCH3 is 1. The highest BCUT2D eigenvalue weighted by Crippen LogP contribution is 2.33. The van der Waals surface area contributed by atoms with Gasteiger partial charge in [0.05, 0.1) is 17.0 Å². The number of ether oxygens (including phenoxy) is 3. The maximum Gasteiger partial charge on any atom is 0.410 e. The number of esters is 1. The van der Waals surface area contributed by atoms with Crippen molar-refractivity contribution in [3.8, 4) is 5.75 Å². The standard InChI is InChI=1S/C36H40N6O10S/c1-50-30-12-6-26(7-13-30)23-53-31-16-32(40(20-31)36(45)52-22-25-4-10-29(11-5-25)42(48)49)35(44)39-15-14-27(19-39)18-38-33(37)17-34(43)51-21-24-2-8-28(9-3-24)41(46)47/h2-13,27,31-32H,14-23H2,1H3,(H2,37,38)/t27-,31+,32+/m1/s1. The summed E-state index contributed by atoms with van der Waals surface area (Å²) in [4.78, 5) is 68.0. The zero-order valence-corrected chi connectivity index (χ0v) is 29.9. The van der Waals surface area contributed by atoms with Crippen LogP contribution in [0.5, 0.6) is 5.75 Å². The molecule has 0 radical (unpaired) electrons. The number of hydrogen-bond acceptors (Lipinski definition) is 12. The molecule has 2 N–H and O–H groups in total. The fourth-order valence-electron chi connectivity index (χ4n) is 6.00. The Morgan fingerprint density at radius 1 is 0.868 bits per heavy atom. The Labute approximate surface area is 309 Å². The largest absolute Gasteiger partial charge is 0.497 e. The first-order chi connectivity index (χ1) is 25.5. The van der Waals surface area contributed by atoms with Crippen molar-refractivity contribution < 1.29 is 38.4 Å². The number of rotatable bonds is 15. The fourth-order valence-corrected chi connectivity index (χ4v) is 7.21. The molecule has 0 aliphatic carbocycles. The highest BCUT2D eigenvalue weighted by molar-refractivity contribution is 7.99. The van der Waals surface area contributed by atoms with Crippen LogP contribution in [0.2, 0.25) is 0 Å². The van der Waals surface area contributed by atoms with E-state index in [1.165, 1.54) is 53.4 Å². The van der Waals surface area contributed by atoms with Crippen LogP contribution in [-0.4, -0.2) is 88.0 Å². The lowest BCUT2D eigenvalue weighted by molar-refractivity contribution is -0.385. The first-order valence-electron chi connectivity index (χ1n) is 16.9. The van der Waals surface area contributed by atoms with Crippen molar-refractivity contribution in [2.24, 2.45) is 16.6 Å². The van der Waals surface area contributed by atoms with E-state index >= 15 is 0 Å². The van der Waals surface area contributed by atoms with E-state index in [9.17, 15) is 34.6 Å². The second-order valence-electron chi connectivity index (χ2n) is 12.7. The molecule has 0 saturated carbocycles. The number of carbonyl (C=O) groups excluding carboxylic acids is 3. The van der Waals surface area contributed by atoms with Crippen molar-refractivity contribution in [3.63, 3.8) is 0 Å². The predicted octanol–water partition coefficient (Wildman–Crippen LogP) is 4.86. The quantitative estimate of drug-likeness (QED) is 0.0726. The van der Waals surface area contributed by atoms with Crippen LogP contribution in [0.3, 0.4) is 0 Å². The average Bonchev–Trinajstić information content (AvgIpc) is 3.83. The van der Waals surface area contributed by atoms with Crippen LogP contribution < -0.4 is 10.5 Å². The van der Waals surface area contributed by atoms with E-state index in [0.717, 1.165) is 11.3 Å². The van der Waals surface area contributed by atoms with Crippen molar-refractivity contribution in [3.05, 3.63) is 110 Å². The number of aliphatic imine (C=N–C) groups is 1. The average molecular weight is 749 g/mol. The molecule has 2 aliphatic rings. The molecule has 2 amide bonds. The van der Waals surface area contributed by atoms with Gasteiger partial charge in [-0.15, -0.1) is 0 Å². The molecule has 3 aromatic rings. The van der Waals surface area contributed by atoms with Crippen LogP contribution >= 0.6 is 11.8 Å². The number of thioether (sulfide) groups is 1. The fraction of sp³-hybridized carbons (Fsp3) is 0.389. The molecule has 3 atom stereocenters. The predicted molar refractivity (Wildman–Crippen MR) is 195 cm³/mol. The van der Waals surface area contributed by atoms with E-state index < -0.39 is 28.0 Å². The van der Waals surface area contributed by atoms with Gasteiger partial charge in [-0.05, 0) is 71.8 Å². The minimum absolute atomic E-state index is 0.00202. The lowest BCUT2D eigenvalue weighted by Gasteiger charge is -2.27.